The minimum Gasteiger partial charge on any atom is -0.391 e. The van der Waals surface area contributed by atoms with Gasteiger partial charge in [0.2, 0.25) is 0 Å². The molecule has 0 aromatic heterocycles. The molecule has 0 aromatic rings. The maximum Gasteiger partial charge on any atom is 0.0822 e. The molecule has 8 heavy (non-hydrogen) atoms. The molecule has 0 saturated heterocycles. The van der Waals surface area contributed by atoms with Crippen LogP contribution in [0, 0.1) is 0 Å². The molecule has 0 heterocycles. The molecule has 44 valence electrons. The first-order chi connectivity index (χ1) is 3.75. The van der Waals surface area contributed by atoms with E-state index in [1.54, 1.807) is 7.11 Å². The molecular weight excluding hydrogens is 103 g/mol. The third-order valence-corrected chi connectivity index (χ3v) is 1.63. The molecule has 1 aliphatic carbocycles. The highest BCUT2D eigenvalue weighted by atomic mass is 16.5. The van der Waals surface area contributed by atoms with Gasteiger partial charge in [-0.3, -0.25) is 0 Å². The van der Waals surface area contributed by atoms with E-state index in [1.165, 1.54) is 0 Å². The van der Waals surface area contributed by atoms with Crippen molar-refractivity contribution >= 4 is 7.85 Å². The van der Waals surface area contributed by atoms with Crippen LogP contribution in [-0.2, 0) is 4.74 Å². The molecule has 0 aromatic carbocycles. The van der Waals surface area contributed by atoms with Crippen LogP contribution in [0.15, 0.2) is 0 Å². The summed E-state index contributed by atoms with van der Waals surface area (Å²) in [5, 5.41) is 8.93. The average molecular weight is 112 g/mol. The van der Waals surface area contributed by atoms with Crippen molar-refractivity contribution in [2.45, 2.75) is 24.4 Å². The average Bonchev–Trinajstić information content (AvgIpc) is 1.81. The molecule has 1 N–H and O–H groups in total. The van der Waals surface area contributed by atoms with E-state index in [9.17, 15) is 0 Å². The molecule has 0 bridgehead atoms. The summed E-state index contributed by atoms with van der Waals surface area (Å²) in [7, 11) is 6.94. The Balaban J connectivity index is 2.25. The molecular formula is C5H9BO2. The second-order valence-electron chi connectivity index (χ2n) is 2.16. The molecule has 0 spiro atoms. The third kappa shape index (κ3) is 0.760. The van der Waals surface area contributed by atoms with Crippen molar-refractivity contribution in [3.63, 3.8) is 0 Å². The first-order valence-electron chi connectivity index (χ1n) is 2.72. The van der Waals surface area contributed by atoms with Gasteiger partial charge < -0.3 is 9.84 Å². The second-order valence-corrected chi connectivity index (χ2v) is 2.16. The van der Waals surface area contributed by atoms with E-state index in [-0.39, 0.29) is 11.9 Å². The highest BCUT2D eigenvalue weighted by Gasteiger charge is 2.35. The normalized spacial score (nSPS) is 46.0. The lowest BCUT2D eigenvalue weighted by molar-refractivity contribution is -0.0748. The molecule has 1 saturated carbocycles. The lowest BCUT2D eigenvalue weighted by atomic mass is 9.66. The van der Waals surface area contributed by atoms with Gasteiger partial charge in [-0.2, -0.15) is 0 Å². The van der Waals surface area contributed by atoms with Gasteiger partial charge in [-0.15, -0.1) is 0 Å². The van der Waals surface area contributed by atoms with Gasteiger partial charge in [0.05, 0.1) is 20.1 Å². The Labute approximate surface area is 50.3 Å². The number of aliphatic hydroxyl groups excluding tert-OH is 1. The summed E-state index contributed by atoms with van der Waals surface area (Å²) in [5.74, 6) is -0.0556. The van der Waals surface area contributed by atoms with Gasteiger partial charge in [-0.05, 0) is 12.2 Å². The smallest absolute Gasteiger partial charge is 0.0822 e. The zero-order chi connectivity index (χ0) is 6.15. The minimum atomic E-state index is -0.431. The molecule has 2 radical (unpaired) electrons. The van der Waals surface area contributed by atoms with Crippen LogP contribution in [0.1, 0.15) is 6.42 Å². The first kappa shape index (κ1) is 6.11. The minimum absolute atomic E-state index is 0.00926. The number of aliphatic hydroxyl groups is 1. The number of hydrogen-bond donors (Lipinski definition) is 1. The van der Waals surface area contributed by atoms with Crippen LogP contribution in [0.2, 0.25) is 5.82 Å². The lowest BCUT2D eigenvalue weighted by Gasteiger charge is -2.38. The fraction of sp³-hybridized carbons (Fsp3) is 1.00. The molecule has 0 aliphatic heterocycles. The molecule has 3 atom stereocenters. The van der Waals surface area contributed by atoms with Gasteiger partial charge in [-0.25, -0.2) is 0 Å². The van der Waals surface area contributed by atoms with Crippen molar-refractivity contribution in [1.82, 2.24) is 0 Å². The van der Waals surface area contributed by atoms with E-state index in [0.29, 0.717) is 0 Å². The predicted octanol–water partition coefficient (Wildman–Crippen LogP) is -0.277. The predicted molar refractivity (Wildman–Crippen MR) is 30.9 cm³/mol. The Morgan fingerprint density at radius 1 is 1.75 bits per heavy atom. The summed E-state index contributed by atoms with van der Waals surface area (Å²) in [6.45, 7) is 0. The summed E-state index contributed by atoms with van der Waals surface area (Å²) in [4.78, 5) is 0. The maximum atomic E-state index is 8.93. The SMILES string of the molecule is [B]C1CC(OC)C1O. The second kappa shape index (κ2) is 2.07. The van der Waals surface area contributed by atoms with E-state index >= 15 is 0 Å². The standard InChI is InChI=1S/C5H9BO2/c1-8-4-2-3(6)5(4)7/h3-5,7H,2H2,1H3. The maximum absolute atomic E-state index is 8.93. The molecule has 3 heteroatoms. The Morgan fingerprint density at radius 2 is 2.38 bits per heavy atom. The zero-order valence-corrected chi connectivity index (χ0v) is 4.87. The van der Waals surface area contributed by atoms with Gasteiger partial charge in [-0.1, -0.05) is 0 Å². The molecule has 1 fully saturated rings. The highest BCUT2D eigenvalue weighted by Crippen LogP contribution is 2.32. The van der Waals surface area contributed by atoms with Crippen LogP contribution in [0.3, 0.4) is 0 Å². The Hall–Kier alpha value is -0.0151. The Kier molecular flexibility index (Phi) is 1.58. The lowest BCUT2D eigenvalue weighted by Crippen LogP contribution is -2.43. The van der Waals surface area contributed by atoms with Crippen LogP contribution in [0.5, 0.6) is 0 Å². The van der Waals surface area contributed by atoms with Gasteiger partial charge >= 0.3 is 0 Å². The summed E-state index contributed by atoms with van der Waals surface area (Å²) >= 11 is 0. The molecule has 0 amide bonds. The third-order valence-electron chi connectivity index (χ3n) is 1.63. The van der Waals surface area contributed by atoms with Gasteiger partial charge in [0.25, 0.3) is 0 Å². The largest absolute Gasteiger partial charge is 0.391 e. The molecule has 3 unspecified atom stereocenters. The Morgan fingerprint density at radius 3 is 2.50 bits per heavy atom. The first-order valence-corrected chi connectivity index (χ1v) is 2.72. The van der Waals surface area contributed by atoms with Crippen LogP contribution in [-0.4, -0.2) is 32.3 Å². The van der Waals surface area contributed by atoms with Crippen molar-refractivity contribution in [2.24, 2.45) is 0 Å². The van der Waals surface area contributed by atoms with Gasteiger partial charge in [0, 0.05) is 7.11 Å². The van der Waals surface area contributed by atoms with Gasteiger partial charge in [0.1, 0.15) is 0 Å². The Bertz CT molecular complexity index is 86.5. The van der Waals surface area contributed by atoms with Crippen molar-refractivity contribution in [1.29, 1.82) is 0 Å². The number of hydrogen-bond acceptors (Lipinski definition) is 2. The van der Waals surface area contributed by atoms with Crippen LogP contribution in [0.4, 0.5) is 0 Å². The summed E-state index contributed by atoms with van der Waals surface area (Å²) in [6.07, 6.45) is 0.350. The van der Waals surface area contributed by atoms with Gasteiger partial charge in [0.15, 0.2) is 0 Å². The summed E-state index contributed by atoms with van der Waals surface area (Å²) < 4.78 is 4.84. The van der Waals surface area contributed by atoms with Crippen molar-refractivity contribution in [2.75, 3.05) is 7.11 Å². The summed E-state index contributed by atoms with van der Waals surface area (Å²) in [6, 6.07) is 0. The van der Waals surface area contributed by atoms with E-state index in [0.717, 1.165) is 6.42 Å². The van der Waals surface area contributed by atoms with Crippen molar-refractivity contribution in [3.8, 4) is 0 Å². The van der Waals surface area contributed by atoms with E-state index in [1.807, 2.05) is 0 Å². The van der Waals surface area contributed by atoms with E-state index < -0.39 is 6.10 Å². The number of rotatable bonds is 1. The van der Waals surface area contributed by atoms with Crippen LogP contribution >= 0.6 is 0 Å². The van der Waals surface area contributed by atoms with Crippen LogP contribution < -0.4 is 0 Å². The quantitative estimate of drug-likeness (QED) is 0.473. The highest BCUT2D eigenvalue weighted by molar-refractivity contribution is 6.12. The number of ether oxygens (including phenoxy) is 1. The molecule has 1 aliphatic rings. The topological polar surface area (TPSA) is 29.5 Å². The number of methoxy groups -OCH3 is 1. The van der Waals surface area contributed by atoms with E-state index in [2.05, 4.69) is 0 Å². The monoisotopic (exact) mass is 112 g/mol. The fourth-order valence-corrected chi connectivity index (χ4v) is 0.863. The summed E-state index contributed by atoms with van der Waals surface area (Å²) in [5.41, 5.74) is 0. The van der Waals surface area contributed by atoms with Crippen LogP contribution in [0.25, 0.3) is 0 Å². The fourth-order valence-electron chi connectivity index (χ4n) is 0.863. The van der Waals surface area contributed by atoms with Crippen molar-refractivity contribution < 1.29 is 9.84 Å². The van der Waals surface area contributed by atoms with Crippen molar-refractivity contribution in [3.05, 3.63) is 0 Å². The van der Waals surface area contributed by atoms with E-state index in [4.69, 9.17) is 17.7 Å². The molecule has 2 nitrogen and oxygen atoms in total. The zero-order valence-electron chi connectivity index (χ0n) is 4.87. The molecule has 1 rings (SSSR count).